The molecule has 0 bridgehead atoms. The first-order chi connectivity index (χ1) is 26.0. The molecule has 0 aromatic heterocycles. The maximum atomic E-state index is 12.5. The summed E-state index contributed by atoms with van der Waals surface area (Å²) in [5.74, 6) is -0.281. The number of fused-ring (bicyclic) bond motifs is 5. The maximum Gasteiger partial charge on any atom is 0.187 e. The van der Waals surface area contributed by atoms with Gasteiger partial charge in [0, 0.05) is 0 Å². The van der Waals surface area contributed by atoms with E-state index in [9.17, 15) is 51.1 Å². The van der Waals surface area contributed by atoms with Gasteiger partial charge in [-0.1, -0.05) is 46.3 Å². The smallest absolute Gasteiger partial charge is 0.187 e. The van der Waals surface area contributed by atoms with Crippen molar-refractivity contribution in [3.63, 3.8) is 0 Å². The molecular formula is C42H72O14. The zero-order chi connectivity index (χ0) is 41.5. The fourth-order valence-electron chi connectivity index (χ4n) is 13.6. The third-order valence-electron chi connectivity index (χ3n) is 16.6. The zero-order valence-electron chi connectivity index (χ0n) is 34.6. The minimum Gasteiger partial charge on any atom is -0.394 e. The molecule has 0 aromatic carbocycles. The molecule has 0 spiro atoms. The highest BCUT2D eigenvalue weighted by Crippen LogP contribution is 2.76. The van der Waals surface area contributed by atoms with E-state index in [1.165, 1.54) is 0 Å². The van der Waals surface area contributed by atoms with Crippen LogP contribution in [0.4, 0.5) is 0 Å². The normalized spacial score (nSPS) is 52.6. The molecule has 2 heterocycles. The van der Waals surface area contributed by atoms with E-state index in [-0.39, 0.29) is 34.5 Å². The van der Waals surface area contributed by atoms with Crippen molar-refractivity contribution in [3.05, 3.63) is 11.6 Å². The van der Waals surface area contributed by atoms with Gasteiger partial charge >= 0.3 is 0 Å². The molecule has 0 radical (unpaired) electrons. The van der Waals surface area contributed by atoms with Gasteiger partial charge in [0.15, 0.2) is 12.6 Å². The van der Waals surface area contributed by atoms with Gasteiger partial charge in [-0.3, -0.25) is 0 Å². The monoisotopic (exact) mass is 800 g/mol. The molecule has 0 unspecified atom stereocenters. The van der Waals surface area contributed by atoms with Crippen LogP contribution in [-0.4, -0.2) is 150 Å². The SMILES string of the molecule is CC(C)=CCC[C@](C)(O[C@H]1O[C@H](CO)[C@@H](O)[C@@H](O)[C@@H]1O)[C@@H]1CC[C@@]2(C)[C@@H]1[C@H](O)C[C@H]1[C@@]3(C)C[C@@H](O)[C@@H](O[C@@H]4O[C@@H](CO)[C@@H](O)[C@@H](O)[C@H]4O)C(C)(C)[C@H]3CC[C@@]12C. The Balaban J connectivity index is 1.28. The highest BCUT2D eigenvalue weighted by Gasteiger charge is 2.73. The van der Waals surface area contributed by atoms with Crippen LogP contribution in [0, 0.1) is 45.3 Å². The molecule has 6 rings (SSSR count). The summed E-state index contributed by atoms with van der Waals surface area (Å²) >= 11 is 0. The number of allylic oxidation sites excluding steroid dienone is 2. The van der Waals surface area contributed by atoms with Gasteiger partial charge in [0.1, 0.15) is 48.8 Å². The molecule has 2 aliphatic heterocycles. The summed E-state index contributed by atoms with van der Waals surface area (Å²) < 4.78 is 24.7. The van der Waals surface area contributed by atoms with Gasteiger partial charge in [-0.2, -0.15) is 0 Å². The van der Waals surface area contributed by atoms with Crippen molar-refractivity contribution in [2.75, 3.05) is 13.2 Å². The second-order valence-electron chi connectivity index (χ2n) is 20.3. The van der Waals surface area contributed by atoms with Crippen molar-refractivity contribution < 1.29 is 70.0 Å². The Morgan fingerprint density at radius 2 is 1.27 bits per heavy atom. The Bertz CT molecular complexity index is 1400. The summed E-state index contributed by atoms with van der Waals surface area (Å²) in [4.78, 5) is 0. The average molecular weight is 801 g/mol. The lowest BCUT2D eigenvalue weighted by molar-refractivity contribution is -0.345. The largest absolute Gasteiger partial charge is 0.394 e. The first kappa shape index (κ1) is 44.7. The van der Waals surface area contributed by atoms with E-state index in [4.69, 9.17) is 18.9 Å². The molecule has 10 N–H and O–H groups in total. The second-order valence-corrected chi connectivity index (χ2v) is 20.3. The predicted octanol–water partition coefficient (Wildman–Crippen LogP) is 1.12. The summed E-state index contributed by atoms with van der Waals surface area (Å²) in [6.07, 6.45) is -9.27. The summed E-state index contributed by atoms with van der Waals surface area (Å²) in [5, 5.41) is 108. The molecule has 14 nitrogen and oxygen atoms in total. The second kappa shape index (κ2) is 15.9. The van der Waals surface area contributed by atoms with E-state index in [1.54, 1.807) is 0 Å². The first-order valence-corrected chi connectivity index (χ1v) is 21.0. The van der Waals surface area contributed by atoms with Crippen LogP contribution in [0.2, 0.25) is 0 Å². The Hall–Kier alpha value is -0.820. The average Bonchev–Trinajstić information content (AvgIpc) is 3.51. The topological polar surface area (TPSA) is 239 Å². The van der Waals surface area contributed by atoms with Crippen molar-refractivity contribution in [1.29, 1.82) is 0 Å². The number of hydrogen-bond donors (Lipinski definition) is 10. The van der Waals surface area contributed by atoms with Crippen LogP contribution in [0.25, 0.3) is 0 Å². The highest BCUT2D eigenvalue weighted by atomic mass is 16.7. The summed E-state index contributed by atoms with van der Waals surface area (Å²) in [5.41, 5.74) is -1.43. The molecule has 56 heavy (non-hydrogen) atoms. The lowest BCUT2D eigenvalue weighted by atomic mass is 9.35. The van der Waals surface area contributed by atoms with Crippen molar-refractivity contribution in [2.45, 2.75) is 192 Å². The van der Waals surface area contributed by atoms with Gasteiger partial charge in [0.2, 0.25) is 0 Å². The molecule has 6 fully saturated rings. The highest BCUT2D eigenvalue weighted by molar-refractivity contribution is 5.21. The van der Waals surface area contributed by atoms with Gasteiger partial charge in [-0.15, -0.1) is 0 Å². The van der Waals surface area contributed by atoms with E-state index < -0.39 is 109 Å². The van der Waals surface area contributed by atoms with Crippen molar-refractivity contribution in [1.82, 2.24) is 0 Å². The van der Waals surface area contributed by atoms with Gasteiger partial charge < -0.3 is 70.0 Å². The van der Waals surface area contributed by atoms with E-state index in [0.717, 1.165) is 31.3 Å². The molecule has 21 atom stereocenters. The lowest BCUT2D eigenvalue weighted by Gasteiger charge is -2.71. The van der Waals surface area contributed by atoms with Crippen LogP contribution >= 0.6 is 0 Å². The molecule has 4 saturated carbocycles. The van der Waals surface area contributed by atoms with Crippen LogP contribution in [0.3, 0.4) is 0 Å². The van der Waals surface area contributed by atoms with Crippen LogP contribution in [0.15, 0.2) is 11.6 Å². The zero-order valence-corrected chi connectivity index (χ0v) is 34.6. The van der Waals surface area contributed by atoms with Gasteiger partial charge in [-0.05, 0) is 117 Å². The summed E-state index contributed by atoms with van der Waals surface area (Å²) in [6.45, 7) is 15.9. The van der Waals surface area contributed by atoms with Gasteiger partial charge in [-0.25, -0.2) is 0 Å². The Kier molecular flexibility index (Phi) is 12.7. The number of rotatable bonds is 10. The van der Waals surface area contributed by atoms with E-state index in [2.05, 4.69) is 40.7 Å². The Morgan fingerprint density at radius 3 is 1.84 bits per heavy atom. The molecule has 324 valence electrons. The van der Waals surface area contributed by atoms with Crippen molar-refractivity contribution in [2.24, 2.45) is 45.3 Å². The third-order valence-corrected chi connectivity index (χ3v) is 16.6. The van der Waals surface area contributed by atoms with E-state index >= 15 is 0 Å². The van der Waals surface area contributed by atoms with E-state index in [0.29, 0.717) is 25.7 Å². The van der Waals surface area contributed by atoms with E-state index in [1.807, 2.05) is 20.8 Å². The van der Waals surface area contributed by atoms with Crippen molar-refractivity contribution in [3.8, 4) is 0 Å². The summed E-state index contributed by atoms with van der Waals surface area (Å²) in [6, 6.07) is 0. The number of aliphatic hydroxyl groups excluding tert-OH is 10. The number of ether oxygens (including phenoxy) is 4. The number of aliphatic hydroxyl groups is 10. The fourth-order valence-corrected chi connectivity index (χ4v) is 13.6. The molecule has 6 aliphatic rings. The Labute approximate surface area is 331 Å². The van der Waals surface area contributed by atoms with Crippen LogP contribution in [0.5, 0.6) is 0 Å². The standard InChI is InChI=1S/C42H72O14/c1-20(2)10-9-13-42(8,56-37-34(52)32(50)30(48)25(19-44)54-37)21-11-14-41(7)28(21)22(45)16-27-39(5)17-23(46)35(38(3,4)26(39)12-15-40(27,41)6)55-36-33(51)31(49)29(47)24(18-43)53-36/h10,21-37,43-52H,9,11-19H2,1-8H3/t21-,22-,23-,24+,25-,26-,27+,28+,29-,30-,31-,32-,33-,34+,35-,36+,37-,39+,40+,41+,42+/m1/s1. The van der Waals surface area contributed by atoms with Gasteiger partial charge in [0.25, 0.3) is 0 Å². The van der Waals surface area contributed by atoms with Crippen molar-refractivity contribution >= 4 is 0 Å². The van der Waals surface area contributed by atoms with Crippen LogP contribution in [-0.2, 0) is 18.9 Å². The Morgan fingerprint density at radius 1 is 0.714 bits per heavy atom. The predicted molar refractivity (Wildman–Crippen MR) is 202 cm³/mol. The molecule has 4 aliphatic carbocycles. The fraction of sp³-hybridized carbons (Fsp3) is 0.952. The van der Waals surface area contributed by atoms with Crippen LogP contribution in [0.1, 0.15) is 107 Å². The molecule has 14 heteroatoms. The molecule has 0 amide bonds. The third kappa shape index (κ3) is 7.06. The minimum atomic E-state index is -1.60. The van der Waals surface area contributed by atoms with Gasteiger partial charge in [0.05, 0.1) is 37.1 Å². The number of hydrogen-bond acceptors (Lipinski definition) is 14. The molecule has 0 aromatic rings. The minimum absolute atomic E-state index is 0.0224. The molecular weight excluding hydrogens is 728 g/mol. The maximum absolute atomic E-state index is 12.5. The lowest BCUT2D eigenvalue weighted by Crippen LogP contribution is -2.69. The summed E-state index contributed by atoms with van der Waals surface area (Å²) in [7, 11) is 0. The first-order valence-electron chi connectivity index (χ1n) is 21.0. The molecule has 2 saturated heterocycles. The quantitative estimate of drug-likeness (QED) is 0.110. The van der Waals surface area contributed by atoms with Crippen LogP contribution < -0.4 is 0 Å².